The normalized spacial score (nSPS) is 10.8. The topological polar surface area (TPSA) is 17.1 Å². The fraction of sp³-hybridized carbons (Fsp3) is 0.278. The van der Waals surface area contributed by atoms with E-state index < -0.39 is 0 Å². The van der Waals surface area contributed by atoms with Crippen LogP contribution in [0.2, 0.25) is 0 Å². The van der Waals surface area contributed by atoms with Gasteiger partial charge in [-0.05, 0) is 36.6 Å². The quantitative estimate of drug-likeness (QED) is 0.716. The molecule has 19 heavy (non-hydrogen) atoms. The molecule has 0 aliphatic carbocycles. The van der Waals surface area contributed by atoms with Crippen LogP contribution >= 0.6 is 0 Å². The standard InChI is InChI=1S/C18H20O/c1-12(2)18(19)16-10-7-14(4)17(11-16)15-8-5-13(3)6-9-15/h5-12H,1-4H3. The van der Waals surface area contributed by atoms with Gasteiger partial charge in [-0.2, -0.15) is 0 Å². The SMILES string of the molecule is Cc1ccc(-c2cc(C(=O)C(C)C)ccc2C)cc1. The zero-order valence-corrected chi connectivity index (χ0v) is 12.0. The lowest BCUT2D eigenvalue weighted by molar-refractivity contribution is 0.0939. The molecule has 0 saturated heterocycles. The van der Waals surface area contributed by atoms with Gasteiger partial charge in [-0.15, -0.1) is 0 Å². The van der Waals surface area contributed by atoms with Crippen molar-refractivity contribution in [3.8, 4) is 11.1 Å². The van der Waals surface area contributed by atoms with Gasteiger partial charge in [0.05, 0.1) is 0 Å². The zero-order valence-electron chi connectivity index (χ0n) is 12.0. The molecule has 0 saturated carbocycles. The molecular formula is C18H20O. The maximum absolute atomic E-state index is 12.1. The van der Waals surface area contributed by atoms with Gasteiger partial charge in [0.1, 0.15) is 0 Å². The van der Waals surface area contributed by atoms with Crippen molar-refractivity contribution < 1.29 is 4.79 Å². The fourth-order valence-electron chi connectivity index (χ4n) is 2.15. The molecule has 0 fully saturated rings. The molecule has 0 atom stereocenters. The molecule has 0 aliphatic rings. The van der Waals surface area contributed by atoms with Crippen LogP contribution in [-0.4, -0.2) is 5.78 Å². The van der Waals surface area contributed by atoms with Crippen molar-refractivity contribution >= 4 is 5.78 Å². The van der Waals surface area contributed by atoms with E-state index in [2.05, 4.69) is 38.1 Å². The molecule has 98 valence electrons. The van der Waals surface area contributed by atoms with Crippen LogP contribution in [0, 0.1) is 19.8 Å². The van der Waals surface area contributed by atoms with Crippen molar-refractivity contribution in [2.75, 3.05) is 0 Å². The Morgan fingerprint density at radius 2 is 1.58 bits per heavy atom. The van der Waals surface area contributed by atoms with Gasteiger partial charge in [0.2, 0.25) is 0 Å². The fourth-order valence-corrected chi connectivity index (χ4v) is 2.15. The number of Topliss-reactive ketones (excluding diaryl/α,β-unsaturated/α-hetero) is 1. The van der Waals surface area contributed by atoms with E-state index in [1.165, 1.54) is 16.7 Å². The number of rotatable bonds is 3. The lowest BCUT2D eigenvalue weighted by Gasteiger charge is -2.10. The summed E-state index contributed by atoms with van der Waals surface area (Å²) >= 11 is 0. The van der Waals surface area contributed by atoms with Crippen molar-refractivity contribution in [1.82, 2.24) is 0 Å². The molecule has 0 amide bonds. The molecule has 2 aromatic carbocycles. The number of ketones is 1. The lowest BCUT2D eigenvalue weighted by atomic mass is 9.93. The monoisotopic (exact) mass is 252 g/mol. The summed E-state index contributed by atoms with van der Waals surface area (Å²) in [5, 5.41) is 0. The second-order valence-electron chi connectivity index (χ2n) is 5.41. The summed E-state index contributed by atoms with van der Waals surface area (Å²) in [6, 6.07) is 14.4. The first-order chi connectivity index (χ1) is 8.99. The Kier molecular flexibility index (Phi) is 3.84. The molecule has 1 nitrogen and oxygen atoms in total. The van der Waals surface area contributed by atoms with Crippen LogP contribution < -0.4 is 0 Å². The van der Waals surface area contributed by atoms with E-state index in [1.54, 1.807) is 0 Å². The van der Waals surface area contributed by atoms with E-state index in [4.69, 9.17) is 0 Å². The number of benzene rings is 2. The third kappa shape index (κ3) is 2.93. The Balaban J connectivity index is 2.48. The highest BCUT2D eigenvalue weighted by atomic mass is 16.1. The Morgan fingerprint density at radius 3 is 2.16 bits per heavy atom. The molecule has 2 aromatic rings. The van der Waals surface area contributed by atoms with Gasteiger partial charge in [0.15, 0.2) is 5.78 Å². The van der Waals surface area contributed by atoms with Gasteiger partial charge in [-0.3, -0.25) is 4.79 Å². The van der Waals surface area contributed by atoms with E-state index in [1.807, 2.05) is 32.0 Å². The third-order valence-corrected chi connectivity index (χ3v) is 3.41. The van der Waals surface area contributed by atoms with Gasteiger partial charge >= 0.3 is 0 Å². The average Bonchev–Trinajstić information content (AvgIpc) is 2.39. The molecule has 1 heteroatoms. The van der Waals surface area contributed by atoms with Crippen LogP contribution in [0.1, 0.15) is 35.3 Å². The number of carbonyl (C=O) groups is 1. The summed E-state index contributed by atoms with van der Waals surface area (Å²) in [7, 11) is 0. The zero-order chi connectivity index (χ0) is 14.0. The predicted octanol–water partition coefficient (Wildman–Crippen LogP) is 4.81. The minimum Gasteiger partial charge on any atom is -0.294 e. The molecule has 0 unspecified atom stereocenters. The minimum absolute atomic E-state index is 0.0357. The molecule has 0 aliphatic heterocycles. The second kappa shape index (κ2) is 5.40. The van der Waals surface area contributed by atoms with E-state index >= 15 is 0 Å². The first-order valence-electron chi connectivity index (χ1n) is 6.71. The Bertz CT molecular complexity index is 592. The van der Waals surface area contributed by atoms with Crippen LogP contribution in [0.15, 0.2) is 42.5 Å². The van der Waals surface area contributed by atoms with Crippen LogP contribution in [0.5, 0.6) is 0 Å². The van der Waals surface area contributed by atoms with E-state index in [0.29, 0.717) is 0 Å². The molecular weight excluding hydrogens is 232 g/mol. The van der Waals surface area contributed by atoms with Gasteiger partial charge in [0.25, 0.3) is 0 Å². The van der Waals surface area contributed by atoms with Gasteiger partial charge in [0, 0.05) is 11.5 Å². The highest BCUT2D eigenvalue weighted by Crippen LogP contribution is 2.26. The van der Waals surface area contributed by atoms with E-state index in [9.17, 15) is 4.79 Å². The van der Waals surface area contributed by atoms with Crippen LogP contribution in [0.3, 0.4) is 0 Å². The van der Waals surface area contributed by atoms with E-state index in [0.717, 1.165) is 11.1 Å². The summed E-state index contributed by atoms with van der Waals surface area (Å²) in [6.07, 6.45) is 0. The van der Waals surface area contributed by atoms with Crippen LogP contribution in [-0.2, 0) is 0 Å². The highest BCUT2D eigenvalue weighted by Gasteiger charge is 2.12. The maximum atomic E-state index is 12.1. The Hall–Kier alpha value is -1.89. The molecule has 0 heterocycles. The summed E-state index contributed by atoms with van der Waals surface area (Å²) in [5.41, 5.74) is 5.56. The molecule has 0 N–H and O–H groups in total. The second-order valence-corrected chi connectivity index (χ2v) is 5.41. The van der Waals surface area contributed by atoms with Crippen LogP contribution in [0.4, 0.5) is 0 Å². The van der Waals surface area contributed by atoms with Crippen molar-refractivity contribution in [2.24, 2.45) is 5.92 Å². The van der Waals surface area contributed by atoms with Gasteiger partial charge in [-0.1, -0.05) is 55.8 Å². The lowest BCUT2D eigenvalue weighted by Crippen LogP contribution is -2.07. The van der Waals surface area contributed by atoms with Crippen molar-refractivity contribution in [2.45, 2.75) is 27.7 Å². The Morgan fingerprint density at radius 1 is 0.947 bits per heavy atom. The molecule has 0 radical (unpaired) electrons. The van der Waals surface area contributed by atoms with Crippen molar-refractivity contribution in [1.29, 1.82) is 0 Å². The third-order valence-electron chi connectivity index (χ3n) is 3.41. The summed E-state index contributed by atoms with van der Waals surface area (Å²) in [4.78, 5) is 12.1. The largest absolute Gasteiger partial charge is 0.294 e. The van der Waals surface area contributed by atoms with Gasteiger partial charge < -0.3 is 0 Å². The van der Waals surface area contributed by atoms with E-state index in [-0.39, 0.29) is 11.7 Å². The summed E-state index contributed by atoms with van der Waals surface area (Å²) in [6.45, 7) is 8.04. The summed E-state index contributed by atoms with van der Waals surface area (Å²) < 4.78 is 0. The first-order valence-corrected chi connectivity index (χ1v) is 6.71. The smallest absolute Gasteiger partial charge is 0.165 e. The van der Waals surface area contributed by atoms with Crippen molar-refractivity contribution in [3.63, 3.8) is 0 Å². The first kappa shape index (κ1) is 13.5. The number of carbonyl (C=O) groups excluding carboxylic acids is 1. The highest BCUT2D eigenvalue weighted by molar-refractivity contribution is 5.98. The van der Waals surface area contributed by atoms with Crippen molar-refractivity contribution in [3.05, 3.63) is 59.2 Å². The van der Waals surface area contributed by atoms with Crippen LogP contribution in [0.25, 0.3) is 11.1 Å². The molecule has 0 aromatic heterocycles. The summed E-state index contributed by atoms with van der Waals surface area (Å²) in [5.74, 6) is 0.238. The Labute approximate surface area is 115 Å². The minimum atomic E-state index is 0.0357. The maximum Gasteiger partial charge on any atom is 0.165 e. The average molecular weight is 252 g/mol. The molecule has 0 bridgehead atoms. The number of aryl methyl sites for hydroxylation is 2. The number of hydrogen-bond acceptors (Lipinski definition) is 1. The molecule has 0 spiro atoms. The predicted molar refractivity (Wildman–Crippen MR) is 80.5 cm³/mol. The van der Waals surface area contributed by atoms with Gasteiger partial charge in [-0.25, -0.2) is 0 Å². The number of hydrogen-bond donors (Lipinski definition) is 0. The molecule has 2 rings (SSSR count).